The highest BCUT2D eigenvalue weighted by atomic mass is 19.1. The van der Waals surface area contributed by atoms with Gasteiger partial charge in [-0.05, 0) is 94.5 Å². The zero-order valence-electron chi connectivity index (χ0n) is 31.1. The zero-order chi connectivity index (χ0) is 36.6. The van der Waals surface area contributed by atoms with Crippen molar-refractivity contribution < 1.29 is 18.7 Å². The largest absolute Gasteiger partial charge is 0.368 e. The number of halogens is 1. The van der Waals surface area contributed by atoms with Crippen LogP contribution in [0.3, 0.4) is 0 Å². The van der Waals surface area contributed by atoms with Crippen LogP contribution in [0, 0.1) is 11.2 Å². The second-order valence-electron chi connectivity index (χ2n) is 16.9. The Hall–Kier alpha value is -4.42. The molecular weight excluding hydrogens is 672 g/mol. The van der Waals surface area contributed by atoms with Gasteiger partial charge in [0.25, 0.3) is 5.91 Å². The lowest BCUT2D eigenvalue weighted by Gasteiger charge is -2.46. The molecule has 278 valence electrons. The lowest BCUT2D eigenvalue weighted by atomic mass is 9.73. The van der Waals surface area contributed by atoms with Crippen molar-refractivity contribution in [1.82, 2.24) is 29.3 Å². The number of aromatic nitrogens is 4. The van der Waals surface area contributed by atoms with Crippen LogP contribution in [0.25, 0.3) is 22.3 Å². The molecule has 1 N–H and O–H groups in total. The summed E-state index contributed by atoms with van der Waals surface area (Å²) >= 11 is 0. The summed E-state index contributed by atoms with van der Waals surface area (Å²) in [6, 6.07) is 10.6. The summed E-state index contributed by atoms with van der Waals surface area (Å²) in [4.78, 5) is 48.6. The quantitative estimate of drug-likeness (QED) is 0.228. The number of rotatable bonds is 7. The molecule has 0 unspecified atom stereocenters. The maximum atomic E-state index is 14.9. The van der Waals surface area contributed by atoms with Gasteiger partial charge in [0, 0.05) is 61.8 Å². The molecule has 4 fully saturated rings. The van der Waals surface area contributed by atoms with E-state index in [4.69, 9.17) is 14.7 Å². The molecule has 4 aromatic rings. The second-order valence-corrected chi connectivity index (χ2v) is 16.9. The standard InChI is InChI=1S/C41H49FN8O3/c1-25(2)49-24-44-33-21-32(46-37(36(33)49)45-31-9-13-43-22-30(31)42)26-7-8-29-34(18-26)50(28-19-27(20-28)48-14-10-40(3,4)23-48)39(52)41(29)11-15-47(16-12-41)38(51)35-6-5-17-53-35/h7-9,13,18,21-22,24-25,27-28,35H,5-6,10-12,14-17,19-20,23H2,1-4H3,(H,43,45,46)/t27?,28?,35-/m0/s1. The van der Waals surface area contributed by atoms with Gasteiger partial charge in [-0.15, -0.1) is 0 Å². The molecular formula is C41H49FN8O3. The number of amides is 2. The van der Waals surface area contributed by atoms with Gasteiger partial charge in [-0.3, -0.25) is 19.5 Å². The number of imidazole rings is 1. The van der Waals surface area contributed by atoms with Gasteiger partial charge in [-0.1, -0.05) is 26.0 Å². The van der Waals surface area contributed by atoms with Gasteiger partial charge in [0.15, 0.2) is 11.6 Å². The van der Waals surface area contributed by atoms with Crippen molar-refractivity contribution in [3.63, 3.8) is 0 Å². The first-order valence-corrected chi connectivity index (χ1v) is 19.4. The average molecular weight is 721 g/mol. The Morgan fingerprint density at radius 2 is 1.87 bits per heavy atom. The molecule has 11 nitrogen and oxygen atoms in total. The summed E-state index contributed by atoms with van der Waals surface area (Å²) in [7, 11) is 0. The summed E-state index contributed by atoms with van der Waals surface area (Å²) in [6.45, 7) is 12.7. The highest BCUT2D eigenvalue weighted by Gasteiger charge is 2.56. The van der Waals surface area contributed by atoms with Crippen molar-refractivity contribution in [1.29, 1.82) is 0 Å². The Morgan fingerprint density at radius 3 is 2.57 bits per heavy atom. The van der Waals surface area contributed by atoms with E-state index >= 15 is 0 Å². The summed E-state index contributed by atoms with van der Waals surface area (Å²) < 4.78 is 22.6. The van der Waals surface area contributed by atoms with E-state index in [9.17, 15) is 14.0 Å². The normalized spacial score (nSPS) is 25.1. The Balaban J connectivity index is 1.08. The number of nitrogens with zero attached hydrogens (tertiary/aromatic N) is 7. The SMILES string of the molecule is CC(C)n1cnc2cc(-c3ccc4c(c3)N(C3CC(N5CCC(C)(C)C5)C3)C(=O)C43CCN(C(=O)[C@@H]4CCCO4)CC3)nc(Nc3ccncc3F)c21. The zero-order valence-corrected chi connectivity index (χ0v) is 31.1. The van der Waals surface area contributed by atoms with Crippen LogP contribution in [0.5, 0.6) is 0 Å². The van der Waals surface area contributed by atoms with Crippen molar-refractivity contribution in [2.75, 3.05) is 43.0 Å². The van der Waals surface area contributed by atoms with Gasteiger partial charge in [-0.25, -0.2) is 14.4 Å². The third-order valence-electron chi connectivity index (χ3n) is 12.6. The number of hydrogen-bond acceptors (Lipinski definition) is 8. The number of piperidine rings is 1. The molecule has 1 atom stereocenters. The van der Waals surface area contributed by atoms with Gasteiger partial charge in [-0.2, -0.15) is 0 Å². The average Bonchev–Trinajstić information content (AvgIpc) is 3.93. The summed E-state index contributed by atoms with van der Waals surface area (Å²) in [5.41, 5.74) is 4.98. The fourth-order valence-corrected chi connectivity index (χ4v) is 9.51. The summed E-state index contributed by atoms with van der Waals surface area (Å²) in [6.07, 6.45) is 10.1. The molecule has 1 saturated carbocycles. The van der Waals surface area contributed by atoms with Crippen molar-refractivity contribution in [2.45, 2.75) is 102 Å². The molecule has 0 bridgehead atoms. The monoisotopic (exact) mass is 720 g/mol. The van der Waals surface area contributed by atoms with E-state index in [0.29, 0.717) is 55.5 Å². The van der Waals surface area contributed by atoms with E-state index in [1.807, 2.05) is 15.5 Å². The molecule has 3 saturated heterocycles. The summed E-state index contributed by atoms with van der Waals surface area (Å²) in [5.74, 6) is 0.245. The van der Waals surface area contributed by atoms with Crippen LogP contribution in [0.4, 0.5) is 21.6 Å². The number of pyridine rings is 2. The maximum Gasteiger partial charge on any atom is 0.251 e. The molecule has 9 rings (SSSR count). The number of likely N-dealkylation sites (tertiary alicyclic amines) is 2. The van der Waals surface area contributed by atoms with E-state index in [2.05, 4.69) is 66.0 Å². The van der Waals surface area contributed by atoms with Crippen LogP contribution < -0.4 is 10.2 Å². The first-order chi connectivity index (χ1) is 25.5. The van der Waals surface area contributed by atoms with Crippen molar-refractivity contribution in [2.24, 2.45) is 5.41 Å². The van der Waals surface area contributed by atoms with E-state index < -0.39 is 11.2 Å². The number of ether oxygens (including phenoxy) is 1. The topological polar surface area (TPSA) is 109 Å². The highest BCUT2D eigenvalue weighted by Crippen LogP contribution is 2.52. The summed E-state index contributed by atoms with van der Waals surface area (Å²) in [5, 5.41) is 3.23. The third-order valence-corrected chi connectivity index (χ3v) is 12.6. The molecule has 1 aromatic carbocycles. The van der Waals surface area contributed by atoms with Crippen LogP contribution in [0.15, 0.2) is 49.1 Å². The van der Waals surface area contributed by atoms with Crippen LogP contribution in [-0.4, -0.2) is 92.1 Å². The van der Waals surface area contributed by atoms with E-state index in [1.165, 1.54) is 12.6 Å². The Kier molecular flexibility index (Phi) is 8.34. The van der Waals surface area contributed by atoms with Crippen LogP contribution in [-0.2, 0) is 19.7 Å². The number of carbonyl (C=O) groups is 2. The highest BCUT2D eigenvalue weighted by molar-refractivity contribution is 6.09. The molecule has 4 aliphatic heterocycles. The van der Waals surface area contributed by atoms with E-state index in [0.717, 1.165) is 66.6 Å². The smallest absolute Gasteiger partial charge is 0.251 e. The van der Waals surface area contributed by atoms with Gasteiger partial charge < -0.3 is 24.4 Å². The third kappa shape index (κ3) is 5.80. The molecule has 1 aliphatic carbocycles. The number of benzene rings is 1. The molecule has 5 aliphatic rings. The molecule has 3 aromatic heterocycles. The van der Waals surface area contributed by atoms with Gasteiger partial charge in [0.2, 0.25) is 5.91 Å². The molecule has 1 spiro atoms. The Labute approximate surface area is 309 Å². The number of hydrogen-bond donors (Lipinski definition) is 1. The minimum absolute atomic E-state index is 0.0584. The van der Waals surface area contributed by atoms with Gasteiger partial charge >= 0.3 is 0 Å². The predicted molar refractivity (Wildman–Crippen MR) is 202 cm³/mol. The fourth-order valence-electron chi connectivity index (χ4n) is 9.51. The first-order valence-electron chi connectivity index (χ1n) is 19.4. The van der Waals surface area contributed by atoms with E-state index in [1.54, 1.807) is 18.6 Å². The lowest BCUT2D eigenvalue weighted by Crippen LogP contribution is -2.58. The van der Waals surface area contributed by atoms with Crippen LogP contribution >= 0.6 is 0 Å². The predicted octanol–water partition coefficient (Wildman–Crippen LogP) is 6.61. The van der Waals surface area contributed by atoms with Gasteiger partial charge in [0.05, 0.1) is 34.8 Å². The van der Waals surface area contributed by atoms with Crippen molar-refractivity contribution >= 4 is 40.0 Å². The minimum atomic E-state index is -0.680. The van der Waals surface area contributed by atoms with Crippen molar-refractivity contribution in [3.8, 4) is 11.3 Å². The molecule has 53 heavy (non-hydrogen) atoms. The first kappa shape index (κ1) is 34.4. The Bertz CT molecular complexity index is 2080. The number of carbonyl (C=O) groups excluding carboxylic acids is 2. The Morgan fingerprint density at radius 1 is 1.06 bits per heavy atom. The molecule has 2 amide bonds. The number of anilines is 3. The lowest BCUT2D eigenvalue weighted by molar-refractivity contribution is -0.144. The van der Waals surface area contributed by atoms with Crippen LogP contribution in [0.1, 0.15) is 84.2 Å². The van der Waals surface area contributed by atoms with Crippen molar-refractivity contribution in [3.05, 3.63) is 60.4 Å². The molecule has 7 heterocycles. The maximum absolute atomic E-state index is 14.9. The number of nitrogens with one attached hydrogen (secondary N) is 1. The minimum Gasteiger partial charge on any atom is -0.368 e. The van der Waals surface area contributed by atoms with E-state index in [-0.39, 0.29) is 35.7 Å². The second kappa shape index (κ2) is 12.9. The van der Waals surface area contributed by atoms with Crippen LogP contribution in [0.2, 0.25) is 0 Å². The molecule has 12 heteroatoms. The molecule has 0 radical (unpaired) electrons. The number of fused-ring (bicyclic) bond motifs is 3. The van der Waals surface area contributed by atoms with Gasteiger partial charge in [0.1, 0.15) is 11.6 Å². The fraction of sp³-hybridized carbons (Fsp3) is 0.537.